The lowest BCUT2D eigenvalue weighted by Crippen LogP contribution is -2.68. The molecular weight excluding hydrogens is 530 g/mol. The summed E-state index contributed by atoms with van der Waals surface area (Å²) in [6.07, 6.45) is -12.9. The zero-order chi connectivity index (χ0) is 29.4. The molecule has 2 fully saturated rings. The molecule has 222 valence electrons. The van der Waals surface area contributed by atoms with Gasteiger partial charge in [0.15, 0.2) is 30.9 Å². The van der Waals surface area contributed by atoms with Crippen LogP contribution in [0.25, 0.3) is 0 Å². The summed E-state index contributed by atoms with van der Waals surface area (Å²) >= 11 is 0. The summed E-state index contributed by atoms with van der Waals surface area (Å²) < 4.78 is 43.8. The van der Waals surface area contributed by atoms with Crippen LogP contribution in [0.3, 0.4) is 0 Å². The van der Waals surface area contributed by atoms with Crippen molar-refractivity contribution in [3.05, 3.63) is 0 Å². The van der Waals surface area contributed by atoms with E-state index in [1.165, 1.54) is 14.0 Å². The number of aliphatic hydroxyl groups is 2. The first-order valence-corrected chi connectivity index (χ1v) is 12.0. The molecule has 0 unspecified atom stereocenters. The van der Waals surface area contributed by atoms with Gasteiger partial charge in [-0.25, -0.2) is 0 Å². The van der Waals surface area contributed by atoms with E-state index in [1.54, 1.807) is 0 Å². The highest BCUT2D eigenvalue weighted by molar-refractivity contribution is 5.73. The maximum Gasteiger partial charge on any atom is 0.303 e. The molecule has 2 saturated heterocycles. The summed E-state index contributed by atoms with van der Waals surface area (Å²) in [5, 5.41) is 23.2. The Morgan fingerprint density at radius 3 is 1.77 bits per heavy atom. The van der Waals surface area contributed by atoms with Gasteiger partial charge in [-0.05, 0) is 0 Å². The van der Waals surface area contributed by atoms with E-state index in [9.17, 15) is 34.2 Å². The summed E-state index contributed by atoms with van der Waals surface area (Å²) in [6.45, 7) is 4.36. The topological polar surface area (TPSA) is 212 Å². The van der Waals surface area contributed by atoms with Gasteiger partial charge in [0, 0.05) is 41.7 Å². The number of amides is 1. The number of hydrogen-bond donors (Lipinski definition) is 3. The van der Waals surface area contributed by atoms with Crippen LogP contribution in [0.4, 0.5) is 0 Å². The molecule has 3 N–H and O–H groups in total. The summed E-state index contributed by atoms with van der Waals surface area (Å²) in [7, 11) is 1.26. The molecule has 2 aliphatic rings. The first-order valence-electron chi connectivity index (χ1n) is 12.0. The van der Waals surface area contributed by atoms with Gasteiger partial charge in [-0.2, -0.15) is 0 Å². The summed E-state index contributed by atoms with van der Waals surface area (Å²) in [5.74, 6) is -3.76. The van der Waals surface area contributed by atoms with Crippen LogP contribution in [0, 0.1) is 0 Å². The third-order valence-corrected chi connectivity index (χ3v) is 5.70. The van der Waals surface area contributed by atoms with Crippen molar-refractivity contribution in [1.29, 1.82) is 0 Å². The van der Waals surface area contributed by atoms with Crippen LogP contribution in [0.5, 0.6) is 0 Å². The van der Waals surface area contributed by atoms with Crippen LogP contribution in [0.15, 0.2) is 0 Å². The van der Waals surface area contributed by atoms with Crippen molar-refractivity contribution >= 4 is 29.8 Å². The third-order valence-electron chi connectivity index (χ3n) is 5.70. The fourth-order valence-corrected chi connectivity index (χ4v) is 4.27. The van der Waals surface area contributed by atoms with Gasteiger partial charge in [-0.3, -0.25) is 24.0 Å². The maximum absolute atomic E-state index is 12.0. The number of hydrogen-bond acceptors (Lipinski definition) is 15. The first-order chi connectivity index (χ1) is 18.3. The minimum Gasteiger partial charge on any atom is -0.463 e. The average Bonchev–Trinajstić information content (AvgIpc) is 2.82. The standard InChI is InChI=1S/C23H35NO15/c1-9(26)24-16-19(17(31)14(7-25)37-22(16)32-6)39-23-21(36-13(5)30)20(35-12(4)29)18(34-11(3)28)15(38-23)8-33-10(2)27/h14-23,25,31H,7-8H2,1-6H3,(H,24,26)/t14-,15-,16-,17+,18-,19+,20-,21-,22-,23-/m0/s1. The smallest absolute Gasteiger partial charge is 0.303 e. The zero-order valence-corrected chi connectivity index (χ0v) is 22.4. The van der Waals surface area contributed by atoms with Crippen molar-refractivity contribution in [2.45, 2.75) is 96.0 Å². The number of ether oxygens (including phenoxy) is 8. The van der Waals surface area contributed by atoms with E-state index in [4.69, 9.17) is 37.9 Å². The number of nitrogens with one attached hydrogen (secondary N) is 1. The van der Waals surface area contributed by atoms with Gasteiger partial charge in [-0.1, -0.05) is 0 Å². The van der Waals surface area contributed by atoms with Crippen molar-refractivity contribution in [1.82, 2.24) is 5.32 Å². The van der Waals surface area contributed by atoms with Crippen molar-refractivity contribution in [2.75, 3.05) is 20.3 Å². The molecule has 1 amide bonds. The minimum absolute atomic E-state index is 0.497. The first kappa shape index (κ1) is 32.3. The second-order valence-electron chi connectivity index (χ2n) is 8.85. The lowest BCUT2D eigenvalue weighted by Gasteiger charge is -2.48. The summed E-state index contributed by atoms with van der Waals surface area (Å²) in [5.41, 5.74) is 0. The van der Waals surface area contributed by atoms with E-state index in [0.29, 0.717) is 0 Å². The maximum atomic E-state index is 12.0. The van der Waals surface area contributed by atoms with Gasteiger partial charge in [0.05, 0.1) is 6.61 Å². The SMILES string of the molecule is CO[C@H]1O[C@@H](CO)[C@@H](O)[C@H](O[C@@H]2O[C@@H](COC(C)=O)[C@H](OC(C)=O)[C@H](OC(C)=O)[C@@H]2OC(C)=O)[C@@H]1NC(C)=O. The minimum atomic E-state index is -1.66. The molecule has 16 heteroatoms. The van der Waals surface area contributed by atoms with Gasteiger partial charge < -0.3 is 53.4 Å². The van der Waals surface area contributed by atoms with Crippen LogP contribution >= 0.6 is 0 Å². The predicted molar refractivity (Wildman–Crippen MR) is 123 cm³/mol. The Bertz CT molecular complexity index is 897. The second kappa shape index (κ2) is 14.5. The predicted octanol–water partition coefficient (Wildman–Crippen LogP) is -2.32. The fraction of sp³-hybridized carbons (Fsp3) is 0.783. The number of carbonyl (C=O) groups is 5. The number of rotatable bonds is 10. The highest BCUT2D eigenvalue weighted by Crippen LogP contribution is 2.33. The monoisotopic (exact) mass is 565 g/mol. The molecule has 39 heavy (non-hydrogen) atoms. The van der Waals surface area contributed by atoms with E-state index in [2.05, 4.69) is 5.32 Å². The highest BCUT2D eigenvalue weighted by Gasteiger charge is 2.56. The molecule has 2 heterocycles. The highest BCUT2D eigenvalue weighted by atomic mass is 16.7. The van der Waals surface area contributed by atoms with Crippen molar-refractivity contribution < 1.29 is 72.1 Å². The van der Waals surface area contributed by atoms with Gasteiger partial charge in [0.25, 0.3) is 0 Å². The normalized spacial score (nSPS) is 34.4. The second-order valence-corrected chi connectivity index (χ2v) is 8.85. The van der Waals surface area contributed by atoms with Gasteiger partial charge in [0.1, 0.15) is 37.1 Å². The average molecular weight is 566 g/mol. The Morgan fingerprint density at radius 2 is 1.28 bits per heavy atom. The molecule has 16 nitrogen and oxygen atoms in total. The van der Waals surface area contributed by atoms with Crippen molar-refractivity contribution in [3.63, 3.8) is 0 Å². The number of esters is 4. The molecule has 0 aromatic rings. The third kappa shape index (κ3) is 8.81. The van der Waals surface area contributed by atoms with Crippen LogP contribution < -0.4 is 5.32 Å². The molecule has 2 aliphatic heterocycles. The van der Waals surface area contributed by atoms with E-state index in [-0.39, 0.29) is 0 Å². The number of aliphatic hydroxyl groups excluding tert-OH is 2. The Balaban J connectivity index is 2.56. The van der Waals surface area contributed by atoms with Gasteiger partial charge in [0.2, 0.25) is 5.91 Å². The van der Waals surface area contributed by atoms with Crippen molar-refractivity contribution in [3.8, 4) is 0 Å². The van der Waals surface area contributed by atoms with Crippen LogP contribution in [-0.2, 0) is 61.9 Å². The van der Waals surface area contributed by atoms with E-state index in [1.807, 2.05) is 0 Å². The molecule has 0 bridgehead atoms. The Labute approximate surface area is 224 Å². The lowest BCUT2D eigenvalue weighted by atomic mass is 9.95. The lowest BCUT2D eigenvalue weighted by molar-refractivity contribution is -0.345. The van der Waals surface area contributed by atoms with Gasteiger partial charge in [-0.15, -0.1) is 0 Å². The van der Waals surface area contributed by atoms with Crippen LogP contribution in [0.2, 0.25) is 0 Å². The molecule has 10 atom stereocenters. The largest absolute Gasteiger partial charge is 0.463 e. The Hall–Kier alpha value is -2.89. The van der Waals surface area contributed by atoms with E-state index in [0.717, 1.165) is 27.7 Å². The van der Waals surface area contributed by atoms with Gasteiger partial charge >= 0.3 is 23.9 Å². The molecule has 0 aliphatic carbocycles. The van der Waals surface area contributed by atoms with E-state index >= 15 is 0 Å². The number of carbonyl (C=O) groups excluding carboxylic acids is 5. The summed E-state index contributed by atoms with van der Waals surface area (Å²) in [6, 6.07) is -1.17. The molecule has 0 aromatic carbocycles. The Morgan fingerprint density at radius 1 is 0.744 bits per heavy atom. The molecular formula is C23H35NO15. The molecule has 0 radical (unpaired) electrons. The van der Waals surface area contributed by atoms with E-state index < -0.39 is 104 Å². The molecule has 0 aromatic heterocycles. The molecule has 0 saturated carbocycles. The van der Waals surface area contributed by atoms with Crippen LogP contribution in [-0.4, -0.2) is 122 Å². The zero-order valence-electron chi connectivity index (χ0n) is 22.4. The van der Waals surface area contributed by atoms with Crippen molar-refractivity contribution in [2.24, 2.45) is 0 Å². The Kier molecular flexibility index (Phi) is 12.0. The molecule has 0 spiro atoms. The number of methoxy groups -OCH3 is 1. The summed E-state index contributed by atoms with van der Waals surface area (Å²) in [4.78, 5) is 59.4. The van der Waals surface area contributed by atoms with Crippen LogP contribution in [0.1, 0.15) is 34.6 Å². The fourth-order valence-electron chi connectivity index (χ4n) is 4.27. The quantitative estimate of drug-likeness (QED) is 0.187. The molecule has 2 rings (SSSR count).